The molecule has 1 heteroatoms. The zero-order chi connectivity index (χ0) is 24.8. The van der Waals surface area contributed by atoms with E-state index in [0.29, 0.717) is 0 Å². The van der Waals surface area contributed by atoms with Crippen LogP contribution in [-0.2, 0) is 0 Å². The summed E-state index contributed by atoms with van der Waals surface area (Å²) in [7, 11) is 0. The molecule has 0 atom stereocenters. The van der Waals surface area contributed by atoms with E-state index in [1.54, 1.807) is 0 Å². The first-order valence-electron chi connectivity index (χ1n) is 12.6. The predicted octanol–water partition coefficient (Wildman–Crippen LogP) is 10.9. The highest BCUT2D eigenvalue weighted by molar-refractivity contribution is 9.10. The van der Waals surface area contributed by atoms with Crippen LogP contribution in [0.2, 0.25) is 0 Å². The molecule has 174 valence electrons. The van der Waals surface area contributed by atoms with Gasteiger partial charge in [-0.05, 0) is 71.8 Å². The fourth-order valence-corrected chi connectivity index (χ4v) is 6.07. The first kappa shape index (κ1) is 22.0. The zero-order valence-corrected chi connectivity index (χ0v) is 21.7. The van der Waals surface area contributed by atoms with Crippen molar-refractivity contribution in [2.45, 2.75) is 0 Å². The second kappa shape index (κ2) is 9.03. The Morgan fingerprint density at radius 1 is 0.297 bits per heavy atom. The third-order valence-electron chi connectivity index (χ3n) is 7.38. The Hall–Kier alpha value is -4.20. The highest BCUT2D eigenvalue weighted by Gasteiger charge is 2.13. The monoisotopic (exact) mass is 534 g/mol. The summed E-state index contributed by atoms with van der Waals surface area (Å²) in [5.74, 6) is 0. The normalized spacial score (nSPS) is 11.4. The molecule has 0 N–H and O–H groups in total. The van der Waals surface area contributed by atoms with Crippen molar-refractivity contribution in [3.8, 4) is 33.4 Å². The van der Waals surface area contributed by atoms with E-state index in [4.69, 9.17) is 0 Å². The SMILES string of the molecule is Brc1ccc(-c2ccc(-c3ccc(-c4cccc5ccccc45)cc3)c3ccccc23)c2ccccc12. The minimum absolute atomic E-state index is 1.12. The van der Waals surface area contributed by atoms with Crippen molar-refractivity contribution in [3.05, 3.63) is 144 Å². The van der Waals surface area contributed by atoms with Crippen LogP contribution in [0, 0.1) is 0 Å². The summed E-state index contributed by atoms with van der Waals surface area (Å²) in [6.45, 7) is 0. The third kappa shape index (κ3) is 3.75. The zero-order valence-electron chi connectivity index (χ0n) is 20.2. The molecule has 7 aromatic carbocycles. The molecule has 0 amide bonds. The maximum Gasteiger partial charge on any atom is 0.0254 e. The molecule has 0 aliphatic rings. The Morgan fingerprint density at radius 3 is 1.41 bits per heavy atom. The first-order valence-corrected chi connectivity index (χ1v) is 13.4. The van der Waals surface area contributed by atoms with Crippen LogP contribution < -0.4 is 0 Å². The molecule has 0 saturated carbocycles. The van der Waals surface area contributed by atoms with Crippen LogP contribution in [0.25, 0.3) is 65.7 Å². The second-order valence-electron chi connectivity index (χ2n) is 9.45. The van der Waals surface area contributed by atoms with Gasteiger partial charge in [0.15, 0.2) is 0 Å². The van der Waals surface area contributed by atoms with Crippen molar-refractivity contribution in [1.82, 2.24) is 0 Å². The lowest BCUT2D eigenvalue weighted by molar-refractivity contribution is 1.62. The van der Waals surface area contributed by atoms with Gasteiger partial charge in [0.25, 0.3) is 0 Å². The molecule has 37 heavy (non-hydrogen) atoms. The molecule has 0 unspecified atom stereocenters. The predicted molar refractivity (Wildman–Crippen MR) is 163 cm³/mol. The van der Waals surface area contributed by atoms with Crippen molar-refractivity contribution in [2.24, 2.45) is 0 Å². The average Bonchev–Trinajstić information content (AvgIpc) is 2.97. The molecule has 0 aliphatic carbocycles. The smallest absolute Gasteiger partial charge is 0.0254 e. The summed E-state index contributed by atoms with van der Waals surface area (Å²) >= 11 is 3.73. The highest BCUT2D eigenvalue weighted by atomic mass is 79.9. The number of benzene rings is 7. The van der Waals surface area contributed by atoms with E-state index in [9.17, 15) is 0 Å². The minimum Gasteiger partial charge on any atom is -0.0616 e. The van der Waals surface area contributed by atoms with Crippen molar-refractivity contribution >= 4 is 48.2 Å². The topological polar surface area (TPSA) is 0 Å². The molecule has 0 radical (unpaired) electrons. The molecule has 0 bridgehead atoms. The highest BCUT2D eigenvalue weighted by Crippen LogP contribution is 2.40. The van der Waals surface area contributed by atoms with Crippen molar-refractivity contribution in [3.63, 3.8) is 0 Å². The molecular formula is C36H23Br. The molecule has 0 spiro atoms. The van der Waals surface area contributed by atoms with E-state index >= 15 is 0 Å². The van der Waals surface area contributed by atoms with E-state index in [0.717, 1.165) is 4.47 Å². The van der Waals surface area contributed by atoms with Crippen molar-refractivity contribution < 1.29 is 0 Å². The van der Waals surface area contributed by atoms with Gasteiger partial charge in [0.05, 0.1) is 0 Å². The largest absolute Gasteiger partial charge is 0.0616 e. The number of hydrogen-bond acceptors (Lipinski definition) is 0. The van der Waals surface area contributed by atoms with Crippen LogP contribution in [0.5, 0.6) is 0 Å². The summed E-state index contributed by atoms with van der Waals surface area (Å²) in [4.78, 5) is 0. The van der Waals surface area contributed by atoms with E-state index < -0.39 is 0 Å². The molecule has 7 rings (SSSR count). The number of rotatable bonds is 3. The van der Waals surface area contributed by atoms with Crippen LogP contribution in [0.15, 0.2) is 144 Å². The van der Waals surface area contributed by atoms with Gasteiger partial charge in [-0.3, -0.25) is 0 Å². The van der Waals surface area contributed by atoms with Gasteiger partial charge in [-0.1, -0.05) is 149 Å². The molecule has 0 aliphatic heterocycles. The fourth-order valence-electron chi connectivity index (χ4n) is 5.59. The molecule has 7 aromatic rings. The van der Waals surface area contributed by atoms with Gasteiger partial charge in [0, 0.05) is 4.47 Å². The molecule has 0 saturated heterocycles. The van der Waals surface area contributed by atoms with E-state index in [2.05, 4.69) is 155 Å². The van der Waals surface area contributed by atoms with Gasteiger partial charge in [0.1, 0.15) is 0 Å². The molecule has 0 fully saturated rings. The second-order valence-corrected chi connectivity index (χ2v) is 10.3. The maximum absolute atomic E-state index is 3.73. The summed E-state index contributed by atoms with van der Waals surface area (Å²) in [5.41, 5.74) is 7.51. The first-order chi connectivity index (χ1) is 18.3. The molecular weight excluding hydrogens is 512 g/mol. The van der Waals surface area contributed by atoms with Gasteiger partial charge < -0.3 is 0 Å². The average molecular weight is 535 g/mol. The van der Waals surface area contributed by atoms with Crippen LogP contribution in [0.1, 0.15) is 0 Å². The number of halogens is 1. The van der Waals surface area contributed by atoms with E-state index in [1.165, 1.54) is 65.7 Å². The van der Waals surface area contributed by atoms with Crippen LogP contribution in [0.3, 0.4) is 0 Å². The molecule has 0 heterocycles. The Bertz CT molecular complexity index is 1920. The Labute approximate surface area is 225 Å². The van der Waals surface area contributed by atoms with Crippen molar-refractivity contribution in [2.75, 3.05) is 0 Å². The number of hydrogen-bond donors (Lipinski definition) is 0. The fraction of sp³-hybridized carbons (Fsp3) is 0. The standard InChI is InChI=1S/C36H23Br/c37-36-23-22-34(32-13-5-6-14-35(32)36)33-21-20-29(30-11-3-4-12-31(30)33)26-18-16-25(17-19-26)28-15-7-9-24-8-1-2-10-27(24)28/h1-23H. The third-order valence-corrected chi connectivity index (χ3v) is 8.07. The van der Waals surface area contributed by atoms with E-state index in [-0.39, 0.29) is 0 Å². The summed E-state index contributed by atoms with van der Waals surface area (Å²) in [6.07, 6.45) is 0. The van der Waals surface area contributed by atoms with Gasteiger partial charge in [-0.25, -0.2) is 0 Å². The quantitative estimate of drug-likeness (QED) is 0.211. The van der Waals surface area contributed by atoms with Gasteiger partial charge in [0.2, 0.25) is 0 Å². The van der Waals surface area contributed by atoms with Crippen LogP contribution in [-0.4, -0.2) is 0 Å². The van der Waals surface area contributed by atoms with Crippen LogP contribution in [0.4, 0.5) is 0 Å². The Balaban J connectivity index is 1.36. The lowest BCUT2D eigenvalue weighted by Gasteiger charge is -2.15. The summed E-state index contributed by atoms with van der Waals surface area (Å²) < 4.78 is 1.12. The minimum atomic E-state index is 1.12. The van der Waals surface area contributed by atoms with Gasteiger partial charge in [-0.15, -0.1) is 0 Å². The molecule has 0 aromatic heterocycles. The Morgan fingerprint density at radius 2 is 0.730 bits per heavy atom. The van der Waals surface area contributed by atoms with Crippen molar-refractivity contribution in [1.29, 1.82) is 0 Å². The van der Waals surface area contributed by atoms with Gasteiger partial charge >= 0.3 is 0 Å². The van der Waals surface area contributed by atoms with Crippen LogP contribution >= 0.6 is 15.9 Å². The summed E-state index contributed by atoms with van der Waals surface area (Å²) in [5, 5.41) is 7.59. The summed E-state index contributed by atoms with van der Waals surface area (Å²) in [6, 6.07) is 50.5. The number of fused-ring (bicyclic) bond motifs is 3. The lowest BCUT2D eigenvalue weighted by atomic mass is 9.89. The Kier molecular flexibility index (Phi) is 5.38. The van der Waals surface area contributed by atoms with E-state index in [1.807, 2.05) is 0 Å². The maximum atomic E-state index is 3.73. The van der Waals surface area contributed by atoms with Gasteiger partial charge in [-0.2, -0.15) is 0 Å². The molecule has 0 nitrogen and oxygen atoms in total. The lowest BCUT2D eigenvalue weighted by Crippen LogP contribution is -1.88.